The van der Waals surface area contributed by atoms with Crippen molar-refractivity contribution in [1.29, 1.82) is 0 Å². The molecule has 1 amide bonds. The van der Waals surface area contributed by atoms with E-state index in [4.69, 9.17) is 0 Å². The van der Waals surface area contributed by atoms with Crippen molar-refractivity contribution in [2.45, 2.75) is 19.5 Å². The Morgan fingerprint density at radius 3 is 2.17 bits per heavy atom. The Morgan fingerprint density at radius 2 is 1.67 bits per heavy atom. The number of hydrogen-bond acceptors (Lipinski definition) is 3. The maximum atomic E-state index is 12.6. The van der Waals surface area contributed by atoms with Gasteiger partial charge in [-0.15, -0.1) is 0 Å². The van der Waals surface area contributed by atoms with Gasteiger partial charge in [0.05, 0.1) is 11.8 Å². The van der Waals surface area contributed by atoms with Crippen molar-refractivity contribution < 1.29 is 28.2 Å². The lowest BCUT2D eigenvalue weighted by molar-refractivity contribution is -0.151. The fourth-order valence-electron chi connectivity index (χ4n) is 3.63. The van der Waals surface area contributed by atoms with Gasteiger partial charge in [-0.1, -0.05) is 12.2 Å². The minimum atomic E-state index is -2.91. The van der Waals surface area contributed by atoms with E-state index in [1.54, 1.807) is 0 Å². The van der Waals surface area contributed by atoms with Gasteiger partial charge in [0.1, 0.15) is 5.75 Å². The van der Waals surface area contributed by atoms with E-state index >= 15 is 0 Å². The van der Waals surface area contributed by atoms with Crippen LogP contribution in [-0.2, 0) is 9.59 Å². The molecule has 0 radical (unpaired) electrons. The van der Waals surface area contributed by atoms with Crippen LogP contribution in [0, 0.1) is 23.7 Å². The zero-order valence-corrected chi connectivity index (χ0v) is 12.7. The molecule has 1 saturated carbocycles. The van der Waals surface area contributed by atoms with Crippen LogP contribution in [0.4, 0.5) is 14.5 Å². The van der Waals surface area contributed by atoms with E-state index in [1.165, 1.54) is 24.3 Å². The van der Waals surface area contributed by atoms with Crippen molar-refractivity contribution >= 4 is 17.6 Å². The lowest BCUT2D eigenvalue weighted by Gasteiger charge is -2.41. The number of carboxylic acids is 1. The van der Waals surface area contributed by atoms with Gasteiger partial charge < -0.3 is 15.2 Å². The summed E-state index contributed by atoms with van der Waals surface area (Å²) in [5.74, 6) is -2.88. The summed E-state index contributed by atoms with van der Waals surface area (Å²) >= 11 is 0. The van der Waals surface area contributed by atoms with Gasteiger partial charge in [0.2, 0.25) is 5.91 Å². The first-order valence-corrected chi connectivity index (χ1v) is 7.72. The summed E-state index contributed by atoms with van der Waals surface area (Å²) < 4.78 is 28.5. The zero-order chi connectivity index (χ0) is 17.3. The van der Waals surface area contributed by atoms with Crippen LogP contribution >= 0.6 is 0 Å². The molecule has 0 aromatic heterocycles. The van der Waals surface area contributed by atoms with Crippen LogP contribution in [0.2, 0.25) is 0 Å². The number of ether oxygens (including phenoxy) is 1. The SMILES string of the molecule is O=C(O)C1C2C=CC(CC2)C1C(=O)Nc1ccc(OC(F)F)cc1. The third kappa shape index (κ3) is 3.25. The van der Waals surface area contributed by atoms with Crippen LogP contribution in [0.25, 0.3) is 0 Å². The van der Waals surface area contributed by atoms with E-state index in [0.717, 1.165) is 12.8 Å². The van der Waals surface area contributed by atoms with Crippen LogP contribution in [0.5, 0.6) is 5.75 Å². The molecule has 2 N–H and O–H groups in total. The Labute approximate surface area is 137 Å². The molecule has 5 nitrogen and oxygen atoms in total. The van der Waals surface area contributed by atoms with Crippen LogP contribution in [0.3, 0.4) is 0 Å². The molecule has 1 aromatic rings. The predicted octanol–water partition coefficient (Wildman–Crippen LogP) is 3.14. The third-order valence-corrected chi connectivity index (χ3v) is 4.68. The first kappa shape index (κ1) is 16.4. The van der Waals surface area contributed by atoms with Crippen LogP contribution in [0.1, 0.15) is 12.8 Å². The zero-order valence-electron chi connectivity index (χ0n) is 12.7. The average Bonchev–Trinajstić information content (AvgIpc) is 2.56. The van der Waals surface area contributed by atoms with Crippen molar-refractivity contribution in [3.05, 3.63) is 36.4 Å². The van der Waals surface area contributed by atoms with Gasteiger partial charge in [0, 0.05) is 5.69 Å². The number of alkyl halides is 2. The number of nitrogens with one attached hydrogen (secondary N) is 1. The van der Waals surface area contributed by atoms with E-state index < -0.39 is 24.4 Å². The van der Waals surface area contributed by atoms with Crippen LogP contribution < -0.4 is 10.1 Å². The fourth-order valence-corrected chi connectivity index (χ4v) is 3.63. The van der Waals surface area contributed by atoms with E-state index in [-0.39, 0.29) is 23.5 Å². The standard InChI is InChI=1S/C17H17F2NO4/c18-17(19)24-12-7-5-11(6-8-12)20-15(21)13-9-1-3-10(4-2-9)14(13)16(22)23/h1,3,5-10,13-14,17H,2,4H2,(H,20,21)(H,22,23). The number of carbonyl (C=O) groups is 2. The molecule has 1 fully saturated rings. The number of anilines is 1. The Kier molecular flexibility index (Phi) is 4.51. The number of hydrogen-bond donors (Lipinski definition) is 2. The number of amides is 1. The monoisotopic (exact) mass is 337 g/mol. The number of benzene rings is 1. The maximum absolute atomic E-state index is 12.6. The topological polar surface area (TPSA) is 75.6 Å². The molecule has 1 aromatic carbocycles. The summed E-state index contributed by atoms with van der Waals surface area (Å²) in [5.41, 5.74) is 0.413. The first-order chi connectivity index (χ1) is 11.5. The molecule has 4 rings (SSSR count). The van der Waals surface area contributed by atoms with E-state index in [1.807, 2.05) is 12.2 Å². The molecule has 4 unspecified atom stereocenters. The summed E-state index contributed by atoms with van der Waals surface area (Å²) in [7, 11) is 0. The molecule has 0 saturated heterocycles. The van der Waals surface area contributed by atoms with Gasteiger partial charge in [0.25, 0.3) is 0 Å². The summed E-state index contributed by atoms with van der Waals surface area (Å²) in [6.07, 6.45) is 5.40. The molecule has 0 aliphatic heterocycles. The van der Waals surface area contributed by atoms with Gasteiger partial charge >= 0.3 is 12.6 Å². The molecule has 3 aliphatic rings. The number of fused-ring (bicyclic) bond motifs is 2. The van der Waals surface area contributed by atoms with E-state index in [9.17, 15) is 23.5 Å². The second-order valence-corrected chi connectivity index (χ2v) is 6.07. The predicted molar refractivity (Wildman–Crippen MR) is 81.7 cm³/mol. The highest BCUT2D eigenvalue weighted by atomic mass is 19.3. The summed E-state index contributed by atoms with van der Waals surface area (Å²) in [5, 5.41) is 12.1. The molecule has 4 atom stereocenters. The highest BCUT2D eigenvalue weighted by Crippen LogP contribution is 2.45. The molecular weight excluding hydrogens is 320 g/mol. The van der Waals surface area contributed by atoms with Gasteiger partial charge in [-0.05, 0) is 48.9 Å². The minimum absolute atomic E-state index is 0.00827. The third-order valence-electron chi connectivity index (χ3n) is 4.68. The second-order valence-electron chi connectivity index (χ2n) is 6.07. The summed E-state index contributed by atoms with van der Waals surface area (Å²) in [6.45, 7) is -2.91. The maximum Gasteiger partial charge on any atom is 0.387 e. The Morgan fingerprint density at radius 1 is 1.08 bits per heavy atom. The quantitative estimate of drug-likeness (QED) is 0.810. The highest BCUT2D eigenvalue weighted by Gasteiger charge is 2.48. The highest BCUT2D eigenvalue weighted by molar-refractivity contribution is 5.96. The Bertz CT molecular complexity index is 659. The molecule has 0 heterocycles. The molecule has 0 spiro atoms. The van der Waals surface area contributed by atoms with Gasteiger partial charge in [0.15, 0.2) is 0 Å². The first-order valence-electron chi connectivity index (χ1n) is 7.72. The molecule has 24 heavy (non-hydrogen) atoms. The summed E-state index contributed by atoms with van der Waals surface area (Å²) in [6, 6.07) is 5.54. The van der Waals surface area contributed by atoms with Crippen LogP contribution in [0.15, 0.2) is 36.4 Å². The molecule has 2 bridgehead atoms. The molecule has 3 aliphatic carbocycles. The smallest absolute Gasteiger partial charge is 0.387 e. The summed E-state index contributed by atoms with van der Waals surface area (Å²) in [4.78, 5) is 24.1. The van der Waals surface area contributed by atoms with Crippen molar-refractivity contribution in [3.63, 3.8) is 0 Å². The van der Waals surface area contributed by atoms with Crippen LogP contribution in [-0.4, -0.2) is 23.6 Å². The van der Waals surface area contributed by atoms with E-state index in [0.29, 0.717) is 5.69 Å². The number of halogens is 2. The lowest BCUT2D eigenvalue weighted by atomic mass is 9.62. The van der Waals surface area contributed by atoms with Gasteiger partial charge in [-0.2, -0.15) is 8.78 Å². The fraction of sp³-hybridized carbons (Fsp3) is 0.412. The van der Waals surface area contributed by atoms with Gasteiger partial charge in [-0.3, -0.25) is 9.59 Å². The van der Waals surface area contributed by atoms with Crippen molar-refractivity contribution in [2.24, 2.45) is 23.7 Å². The van der Waals surface area contributed by atoms with E-state index in [2.05, 4.69) is 10.1 Å². The molecule has 128 valence electrons. The number of carboxylic acid groups (broad SMARTS) is 1. The van der Waals surface area contributed by atoms with Crippen molar-refractivity contribution in [2.75, 3.05) is 5.32 Å². The van der Waals surface area contributed by atoms with Crippen molar-refractivity contribution in [1.82, 2.24) is 0 Å². The average molecular weight is 337 g/mol. The van der Waals surface area contributed by atoms with Crippen molar-refractivity contribution in [3.8, 4) is 5.75 Å². The minimum Gasteiger partial charge on any atom is -0.481 e. The Hall–Kier alpha value is -2.44. The number of rotatable bonds is 5. The normalized spacial score (nSPS) is 28.0. The molecular formula is C17H17F2NO4. The molecule has 7 heteroatoms. The Balaban J connectivity index is 1.72. The largest absolute Gasteiger partial charge is 0.481 e. The number of aliphatic carboxylic acids is 1. The second kappa shape index (κ2) is 6.59. The van der Waals surface area contributed by atoms with Gasteiger partial charge in [-0.25, -0.2) is 0 Å². The lowest BCUT2D eigenvalue weighted by Crippen LogP contribution is -2.47. The number of allylic oxidation sites excluding steroid dienone is 2. The number of carbonyl (C=O) groups excluding carboxylic acids is 1.